The molecule has 1 aliphatic heterocycles. The lowest BCUT2D eigenvalue weighted by Crippen LogP contribution is -2.34. The van der Waals surface area contributed by atoms with E-state index < -0.39 is 5.97 Å². The van der Waals surface area contributed by atoms with E-state index in [1.54, 1.807) is 31.2 Å². The number of alkyl halides is 2. The fourth-order valence-corrected chi connectivity index (χ4v) is 4.55. The number of fused-ring (bicyclic) bond motifs is 1. The Bertz CT molecular complexity index is 648. The Morgan fingerprint density at radius 1 is 1.08 bits per heavy atom. The molecule has 4 atom stereocenters. The fraction of sp³-hybridized carbons (Fsp3) is 0.471. The lowest BCUT2D eigenvalue weighted by atomic mass is 9.81. The highest BCUT2D eigenvalue weighted by atomic mass is 79.9. The van der Waals surface area contributed by atoms with Crippen molar-refractivity contribution in [1.82, 2.24) is 0 Å². The maximum atomic E-state index is 12.7. The molecule has 1 aliphatic carbocycles. The van der Waals surface area contributed by atoms with Gasteiger partial charge in [0.15, 0.2) is 0 Å². The molecule has 2 fully saturated rings. The van der Waals surface area contributed by atoms with Crippen molar-refractivity contribution in [2.75, 3.05) is 11.5 Å². The molecule has 1 aromatic carbocycles. The van der Waals surface area contributed by atoms with Gasteiger partial charge in [0.25, 0.3) is 0 Å². The molecule has 0 spiro atoms. The van der Waals surface area contributed by atoms with Gasteiger partial charge in [-0.2, -0.15) is 0 Å². The van der Waals surface area contributed by atoms with E-state index in [2.05, 4.69) is 31.9 Å². The fourth-order valence-electron chi connectivity index (χ4n) is 3.31. The maximum absolute atomic E-state index is 12.7. The van der Waals surface area contributed by atoms with Crippen LogP contribution in [0.2, 0.25) is 0 Å². The van der Waals surface area contributed by atoms with Gasteiger partial charge >= 0.3 is 5.97 Å². The van der Waals surface area contributed by atoms with Gasteiger partial charge in [0.05, 0.1) is 29.7 Å². The molecular weight excluding hydrogens is 442 g/mol. The Hall–Kier alpha value is -1.21. The van der Waals surface area contributed by atoms with Gasteiger partial charge in [0, 0.05) is 9.65 Å². The first-order valence-electron chi connectivity index (χ1n) is 7.87. The van der Waals surface area contributed by atoms with Crippen LogP contribution in [-0.4, -0.2) is 34.0 Å². The summed E-state index contributed by atoms with van der Waals surface area (Å²) in [4.78, 5) is 38.7. The molecule has 0 N–H and O–H groups in total. The highest BCUT2D eigenvalue weighted by molar-refractivity contribution is 9.12. The van der Waals surface area contributed by atoms with E-state index >= 15 is 0 Å². The number of hydrogen-bond donors (Lipinski definition) is 0. The van der Waals surface area contributed by atoms with Crippen LogP contribution in [0.4, 0.5) is 5.69 Å². The van der Waals surface area contributed by atoms with Crippen LogP contribution in [0, 0.1) is 11.8 Å². The van der Waals surface area contributed by atoms with Gasteiger partial charge < -0.3 is 4.74 Å². The zero-order chi connectivity index (χ0) is 17.4. The Balaban J connectivity index is 1.83. The first-order valence-corrected chi connectivity index (χ1v) is 9.70. The molecule has 0 unspecified atom stereocenters. The summed E-state index contributed by atoms with van der Waals surface area (Å²) in [5, 5.41) is 0. The molecule has 2 amide bonds. The number of anilines is 1. The van der Waals surface area contributed by atoms with E-state index in [1.807, 2.05) is 0 Å². The topological polar surface area (TPSA) is 63.7 Å². The standard InChI is InChI=1S/C17H17Br2NO4/c1-2-24-17(23)9-3-5-10(6-4-9)20-15(21)11-7-13(18)14(19)8-12(11)16(20)22/h3-6,11-14H,2,7-8H2,1H3/t11-,12+,13-,14-/m0/s1. The molecule has 3 rings (SSSR count). The van der Waals surface area contributed by atoms with Crippen LogP contribution in [-0.2, 0) is 14.3 Å². The number of ether oxygens (including phenoxy) is 1. The molecule has 5 nitrogen and oxygen atoms in total. The number of hydrogen-bond acceptors (Lipinski definition) is 4. The minimum absolute atomic E-state index is 0.155. The third kappa shape index (κ3) is 3.04. The average molecular weight is 459 g/mol. The van der Waals surface area contributed by atoms with E-state index in [0.29, 0.717) is 30.7 Å². The van der Waals surface area contributed by atoms with Crippen LogP contribution in [0.5, 0.6) is 0 Å². The Labute approximate surface area is 157 Å². The largest absolute Gasteiger partial charge is 0.462 e. The van der Waals surface area contributed by atoms with Gasteiger partial charge in [-0.1, -0.05) is 31.9 Å². The van der Waals surface area contributed by atoms with Crippen LogP contribution < -0.4 is 4.90 Å². The number of carbonyl (C=O) groups excluding carboxylic acids is 3. The molecule has 1 heterocycles. The summed E-state index contributed by atoms with van der Waals surface area (Å²) in [7, 11) is 0. The minimum Gasteiger partial charge on any atom is -0.462 e. The summed E-state index contributed by atoms with van der Waals surface area (Å²) < 4.78 is 4.94. The summed E-state index contributed by atoms with van der Waals surface area (Å²) in [5.41, 5.74) is 0.905. The van der Waals surface area contributed by atoms with Gasteiger partial charge in [-0.15, -0.1) is 0 Å². The number of amides is 2. The number of rotatable bonds is 3. The summed E-state index contributed by atoms with van der Waals surface area (Å²) in [6, 6.07) is 6.40. The van der Waals surface area contributed by atoms with Gasteiger partial charge in [0.1, 0.15) is 0 Å². The first-order chi connectivity index (χ1) is 11.4. The van der Waals surface area contributed by atoms with Crippen LogP contribution in [0.25, 0.3) is 0 Å². The van der Waals surface area contributed by atoms with E-state index in [4.69, 9.17) is 4.74 Å². The zero-order valence-corrected chi connectivity index (χ0v) is 16.2. The van der Waals surface area contributed by atoms with Crippen molar-refractivity contribution >= 4 is 55.3 Å². The van der Waals surface area contributed by atoms with Crippen molar-refractivity contribution in [2.45, 2.75) is 29.4 Å². The van der Waals surface area contributed by atoms with Crippen molar-refractivity contribution in [3.63, 3.8) is 0 Å². The second kappa shape index (κ2) is 6.96. The molecule has 128 valence electrons. The normalized spacial score (nSPS) is 29.5. The third-order valence-electron chi connectivity index (χ3n) is 4.55. The van der Waals surface area contributed by atoms with Gasteiger partial charge in [-0.25, -0.2) is 4.79 Å². The van der Waals surface area contributed by atoms with E-state index in [-0.39, 0.29) is 33.3 Å². The molecule has 7 heteroatoms. The predicted molar refractivity (Wildman–Crippen MR) is 96.5 cm³/mol. The number of benzene rings is 1. The Morgan fingerprint density at radius 3 is 2.04 bits per heavy atom. The molecule has 1 saturated heterocycles. The van der Waals surface area contributed by atoms with Crippen molar-refractivity contribution in [2.24, 2.45) is 11.8 Å². The maximum Gasteiger partial charge on any atom is 0.338 e. The molecule has 0 radical (unpaired) electrons. The lowest BCUT2D eigenvalue weighted by molar-refractivity contribution is -0.122. The van der Waals surface area contributed by atoms with Crippen LogP contribution in [0.1, 0.15) is 30.1 Å². The SMILES string of the molecule is CCOC(=O)c1ccc(N2C(=O)[C@H]3C[C@H](Br)[C@@H](Br)C[C@H]3C2=O)cc1. The summed E-state index contributed by atoms with van der Waals surface area (Å²) in [5.74, 6) is -1.28. The Morgan fingerprint density at radius 2 is 1.58 bits per heavy atom. The molecular formula is C17H17Br2NO4. The average Bonchev–Trinajstić information content (AvgIpc) is 2.79. The molecule has 24 heavy (non-hydrogen) atoms. The molecule has 0 aromatic heterocycles. The zero-order valence-electron chi connectivity index (χ0n) is 13.1. The molecule has 0 bridgehead atoms. The number of imide groups is 1. The third-order valence-corrected chi connectivity index (χ3v) is 7.28. The Kier molecular flexibility index (Phi) is 5.11. The number of esters is 1. The van der Waals surface area contributed by atoms with Crippen molar-refractivity contribution in [3.8, 4) is 0 Å². The van der Waals surface area contributed by atoms with E-state index in [0.717, 1.165) is 0 Å². The predicted octanol–water partition coefficient (Wildman–Crippen LogP) is 3.29. The van der Waals surface area contributed by atoms with Gasteiger partial charge in [-0.3, -0.25) is 14.5 Å². The monoisotopic (exact) mass is 457 g/mol. The number of nitrogens with zero attached hydrogens (tertiary/aromatic N) is 1. The van der Waals surface area contributed by atoms with Crippen LogP contribution in [0.3, 0.4) is 0 Å². The number of halogens is 2. The summed E-state index contributed by atoms with van der Waals surface area (Å²) >= 11 is 7.15. The highest BCUT2D eigenvalue weighted by Crippen LogP contribution is 2.44. The quantitative estimate of drug-likeness (QED) is 0.396. The second-order valence-corrected chi connectivity index (χ2v) is 8.35. The number of carbonyl (C=O) groups is 3. The lowest BCUT2D eigenvalue weighted by Gasteiger charge is -2.29. The van der Waals surface area contributed by atoms with Gasteiger partial charge in [-0.05, 0) is 44.0 Å². The van der Waals surface area contributed by atoms with Crippen molar-refractivity contribution in [3.05, 3.63) is 29.8 Å². The van der Waals surface area contributed by atoms with Crippen molar-refractivity contribution in [1.29, 1.82) is 0 Å². The van der Waals surface area contributed by atoms with E-state index in [1.165, 1.54) is 4.90 Å². The second-order valence-electron chi connectivity index (χ2n) is 6.00. The minimum atomic E-state index is -0.416. The summed E-state index contributed by atoms with van der Waals surface area (Å²) in [6.07, 6.45) is 1.28. The van der Waals surface area contributed by atoms with Crippen molar-refractivity contribution < 1.29 is 19.1 Å². The highest BCUT2D eigenvalue weighted by Gasteiger charge is 2.52. The summed E-state index contributed by atoms with van der Waals surface area (Å²) in [6.45, 7) is 2.04. The van der Waals surface area contributed by atoms with Crippen LogP contribution in [0.15, 0.2) is 24.3 Å². The van der Waals surface area contributed by atoms with Gasteiger partial charge in [0.2, 0.25) is 11.8 Å². The first kappa shape index (κ1) is 17.6. The van der Waals surface area contributed by atoms with E-state index in [9.17, 15) is 14.4 Å². The van der Waals surface area contributed by atoms with Crippen LogP contribution >= 0.6 is 31.9 Å². The molecule has 1 aromatic rings. The molecule has 2 aliphatic rings. The smallest absolute Gasteiger partial charge is 0.338 e. The molecule has 1 saturated carbocycles.